The summed E-state index contributed by atoms with van der Waals surface area (Å²) in [5, 5.41) is 8.02. The van der Waals surface area contributed by atoms with Gasteiger partial charge in [-0.1, -0.05) is 23.7 Å². The molecule has 0 bridgehead atoms. The number of hydrogen-bond donors (Lipinski definition) is 1. The molecule has 1 fully saturated rings. The minimum atomic E-state index is 0.598. The second-order valence-electron chi connectivity index (χ2n) is 4.23. The van der Waals surface area contributed by atoms with Gasteiger partial charge < -0.3 is 0 Å². The third kappa shape index (κ3) is 1.61. The molecule has 3 rings (SSSR count). The second kappa shape index (κ2) is 3.59. The Morgan fingerprint density at radius 2 is 2.19 bits per heavy atom. The lowest BCUT2D eigenvalue weighted by molar-refractivity contribution is 0.935. The number of rotatable bonds is 2. The van der Waals surface area contributed by atoms with Crippen molar-refractivity contribution in [3.8, 4) is 11.4 Å². The molecule has 0 aliphatic heterocycles. The highest BCUT2D eigenvalue weighted by Crippen LogP contribution is 2.38. The Labute approximate surface area is 98.9 Å². The van der Waals surface area contributed by atoms with E-state index in [2.05, 4.69) is 15.2 Å². The van der Waals surface area contributed by atoms with Gasteiger partial charge in [0.05, 0.1) is 0 Å². The summed E-state index contributed by atoms with van der Waals surface area (Å²) in [5.74, 6) is 2.36. The summed E-state index contributed by atoms with van der Waals surface area (Å²) in [6, 6.07) is 5.81. The zero-order valence-electron chi connectivity index (χ0n) is 9.00. The molecule has 4 heteroatoms. The molecular formula is C12H12ClN3. The highest BCUT2D eigenvalue weighted by molar-refractivity contribution is 6.31. The van der Waals surface area contributed by atoms with E-state index in [1.807, 2.05) is 25.1 Å². The maximum Gasteiger partial charge on any atom is 0.181 e. The largest absolute Gasteiger partial charge is 0.262 e. The average Bonchev–Trinajstić information content (AvgIpc) is 3.02. The topological polar surface area (TPSA) is 41.6 Å². The first kappa shape index (κ1) is 9.85. The van der Waals surface area contributed by atoms with E-state index < -0.39 is 0 Å². The third-order valence-corrected chi connectivity index (χ3v) is 3.38. The first-order chi connectivity index (χ1) is 7.75. The van der Waals surface area contributed by atoms with E-state index in [4.69, 9.17) is 11.6 Å². The molecule has 0 spiro atoms. The Morgan fingerprint density at radius 1 is 1.38 bits per heavy atom. The van der Waals surface area contributed by atoms with Crippen molar-refractivity contribution in [3.63, 3.8) is 0 Å². The van der Waals surface area contributed by atoms with Crippen molar-refractivity contribution in [1.82, 2.24) is 15.2 Å². The van der Waals surface area contributed by atoms with Crippen molar-refractivity contribution >= 4 is 11.6 Å². The van der Waals surface area contributed by atoms with E-state index in [0.29, 0.717) is 5.92 Å². The molecule has 0 unspecified atom stereocenters. The van der Waals surface area contributed by atoms with Crippen molar-refractivity contribution < 1.29 is 0 Å². The summed E-state index contributed by atoms with van der Waals surface area (Å²) in [6.07, 6.45) is 2.45. The lowest BCUT2D eigenvalue weighted by atomic mass is 10.1. The van der Waals surface area contributed by atoms with Gasteiger partial charge in [-0.15, -0.1) is 0 Å². The minimum Gasteiger partial charge on any atom is -0.262 e. The quantitative estimate of drug-likeness (QED) is 0.865. The number of aromatic nitrogens is 3. The zero-order chi connectivity index (χ0) is 11.1. The summed E-state index contributed by atoms with van der Waals surface area (Å²) >= 11 is 6.08. The number of benzene rings is 1. The molecule has 0 amide bonds. The van der Waals surface area contributed by atoms with Gasteiger partial charge in [-0.05, 0) is 31.4 Å². The molecule has 2 aromatic rings. The number of aromatic amines is 1. The van der Waals surface area contributed by atoms with Crippen LogP contribution in [-0.4, -0.2) is 15.2 Å². The normalized spacial score (nSPS) is 15.4. The van der Waals surface area contributed by atoms with Crippen LogP contribution in [0.3, 0.4) is 0 Å². The lowest BCUT2D eigenvalue weighted by Gasteiger charge is -2.02. The van der Waals surface area contributed by atoms with Crippen LogP contribution in [0.15, 0.2) is 18.2 Å². The maximum atomic E-state index is 6.08. The summed E-state index contributed by atoms with van der Waals surface area (Å²) in [6.45, 7) is 1.99. The van der Waals surface area contributed by atoms with Gasteiger partial charge in [0.15, 0.2) is 5.82 Å². The van der Waals surface area contributed by atoms with E-state index >= 15 is 0 Å². The van der Waals surface area contributed by atoms with Crippen LogP contribution in [0.1, 0.15) is 30.1 Å². The fourth-order valence-electron chi connectivity index (χ4n) is 1.78. The Morgan fingerprint density at radius 3 is 2.94 bits per heavy atom. The van der Waals surface area contributed by atoms with Gasteiger partial charge in [0.25, 0.3) is 0 Å². The van der Waals surface area contributed by atoms with Gasteiger partial charge in [-0.2, -0.15) is 5.10 Å². The number of nitrogens with zero attached hydrogens (tertiary/aromatic N) is 2. The van der Waals surface area contributed by atoms with Gasteiger partial charge in [-0.25, -0.2) is 4.98 Å². The van der Waals surface area contributed by atoms with Crippen molar-refractivity contribution in [2.24, 2.45) is 0 Å². The monoisotopic (exact) mass is 233 g/mol. The predicted molar refractivity (Wildman–Crippen MR) is 63.5 cm³/mol. The van der Waals surface area contributed by atoms with Crippen LogP contribution in [-0.2, 0) is 0 Å². The summed E-state index contributed by atoms with van der Waals surface area (Å²) in [4.78, 5) is 4.52. The van der Waals surface area contributed by atoms with Crippen molar-refractivity contribution in [2.45, 2.75) is 25.7 Å². The van der Waals surface area contributed by atoms with Crippen molar-refractivity contribution in [3.05, 3.63) is 34.6 Å². The molecule has 1 aliphatic carbocycles. The highest BCUT2D eigenvalue weighted by atomic mass is 35.5. The van der Waals surface area contributed by atoms with Gasteiger partial charge in [0.2, 0.25) is 0 Å². The molecule has 16 heavy (non-hydrogen) atoms. The second-order valence-corrected chi connectivity index (χ2v) is 4.64. The fourth-order valence-corrected chi connectivity index (χ4v) is 1.96. The summed E-state index contributed by atoms with van der Waals surface area (Å²) in [5.41, 5.74) is 2.04. The molecule has 0 radical (unpaired) electrons. The number of nitrogens with one attached hydrogen (secondary N) is 1. The maximum absolute atomic E-state index is 6.08. The van der Waals surface area contributed by atoms with E-state index in [0.717, 1.165) is 27.8 Å². The number of halogens is 1. The highest BCUT2D eigenvalue weighted by Gasteiger charge is 2.27. The van der Waals surface area contributed by atoms with Crippen LogP contribution in [0.25, 0.3) is 11.4 Å². The molecule has 3 nitrogen and oxygen atoms in total. The molecular weight excluding hydrogens is 222 g/mol. The van der Waals surface area contributed by atoms with Crippen molar-refractivity contribution in [1.29, 1.82) is 0 Å². The molecule has 82 valence electrons. The van der Waals surface area contributed by atoms with Gasteiger partial charge in [0, 0.05) is 16.5 Å². The minimum absolute atomic E-state index is 0.598. The van der Waals surface area contributed by atoms with E-state index in [9.17, 15) is 0 Å². The SMILES string of the molecule is Cc1c(Cl)cccc1-c1n[nH]c(C2CC2)n1. The smallest absolute Gasteiger partial charge is 0.181 e. The van der Waals surface area contributed by atoms with Crippen LogP contribution in [0.2, 0.25) is 5.02 Å². The number of H-pyrrole nitrogens is 1. The lowest BCUT2D eigenvalue weighted by Crippen LogP contribution is -1.86. The Hall–Kier alpha value is -1.35. The van der Waals surface area contributed by atoms with Crippen LogP contribution < -0.4 is 0 Å². The standard InChI is InChI=1S/C12H12ClN3/c1-7-9(3-2-4-10(7)13)12-14-11(15-16-12)8-5-6-8/h2-4,8H,5-6H2,1H3,(H,14,15,16). The molecule has 1 aromatic heterocycles. The van der Waals surface area contributed by atoms with Gasteiger partial charge in [-0.3, -0.25) is 5.10 Å². The third-order valence-electron chi connectivity index (χ3n) is 2.98. The van der Waals surface area contributed by atoms with Crippen LogP contribution >= 0.6 is 11.6 Å². The van der Waals surface area contributed by atoms with E-state index in [1.165, 1.54) is 12.8 Å². The van der Waals surface area contributed by atoms with Crippen LogP contribution in [0, 0.1) is 6.92 Å². The first-order valence-corrected chi connectivity index (χ1v) is 5.81. The van der Waals surface area contributed by atoms with E-state index in [-0.39, 0.29) is 0 Å². The summed E-state index contributed by atoms with van der Waals surface area (Å²) in [7, 11) is 0. The molecule has 1 heterocycles. The molecule has 1 N–H and O–H groups in total. The van der Waals surface area contributed by atoms with Crippen molar-refractivity contribution in [2.75, 3.05) is 0 Å². The Bertz CT molecular complexity index is 529. The molecule has 1 saturated carbocycles. The predicted octanol–water partition coefficient (Wildman–Crippen LogP) is 3.31. The molecule has 0 atom stereocenters. The molecule has 0 saturated heterocycles. The Balaban J connectivity index is 2.03. The van der Waals surface area contributed by atoms with Crippen LogP contribution in [0.4, 0.5) is 0 Å². The molecule has 1 aromatic carbocycles. The van der Waals surface area contributed by atoms with E-state index in [1.54, 1.807) is 0 Å². The van der Waals surface area contributed by atoms with Gasteiger partial charge in [0.1, 0.15) is 5.82 Å². The molecule has 1 aliphatic rings. The number of hydrogen-bond acceptors (Lipinski definition) is 2. The average molecular weight is 234 g/mol. The first-order valence-electron chi connectivity index (χ1n) is 5.43. The van der Waals surface area contributed by atoms with Crippen LogP contribution in [0.5, 0.6) is 0 Å². The Kier molecular flexibility index (Phi) is 2.21. The van der Waals surface area contributed by atoms with Gasteiger partial charge >= 0.3 is 0 Å². The fraction of sp³-hybridized carbons (Fsp3) is 0.333. The summed E-state index contributed by atoms with van der Waals surface area (Å²) < 4.78 is 0. The zero-order valence-corrected chi connectivity index (χ0v) is 9.75.